The molecule has 0 amide bonds. The van der Waals surface area contributed by atoms with Gasteiger partial charge in [0.1, 0.15) is 0 Å². The van der Waals surface area contributed by atoms with Crippen LogP contribution in [0.1, 0.15) is 59.3 Å². The molecule has 1 saturated carbocycles. The van der Waals surface area contributed by atoms with Crippen LogP contribution in [-0.2, 0) is 0 Å². The van der Waals surface area contributed by atoms with Crippen LogP contribution < -0.4 is 0 Å². The van der Waals surface area contributed by atoms with E-state index in [1.165, 1.54) is 45.2 Å². The van der Waals surface area contributed by atoms with E-state index in [2.05, 4.69) is 36.6 Å². The molecule has 0 bridgehead atoms. The Labute approximate surface area is 131 Å². The Morgan fingerprint density at radius 2 is 1.90 bits per heavy atom. The summed E-state index contributed by atoms with van der Waals surface area (Å²) in [5.74, 6) is 1.13. The van der Waals surface area contributed by atoms with Crippen molar-refractivity contribution in [1.29, 1.82) is 5.26 Å². The maximum absolute atomic E-state index is 9.52. The van der Waals surface area contributed by atoms with E-state index in [0.29, 0.717) is 12.1 Å². The van der Waals surface area contributed by atoms with E-state index in [9.17, 15) is 5.26 Å². The highest BCUT2D eigenvalue weighted by atomic mass is 15.3. The summed E-state index contributed by atoms with van der Waals surface area (Å²) in [6.45, 7) is 11.5. The van der Waals surface area contributed by atoms with Crippen LogP contribution in [-0.4, -0.2) is 48.1 Å². The summed E-state index contributed by atoms with van der Waals surface area (Å²) in [6.07, 6.45) is 7.58. The van der Waals surface area contributed by atoms with Gasteiger partial charge in [-0.2, -0.15) is 5.26 Å². The third-order valence-corrected chi connectivity index (χ3v) is 5.78. The van der Waals surface area contributed by atoms with Crippen LogP contribution >= 0.6 is 0 Å². The molecular weight excluding hydrogens is 258 g/mol. The molecule has 4 atom stereocenters. The first-order chi connectivity index (χ1) is 10.2. The van der Waals surface area contributed by atoms with Crippen LogP contribution in [0.25, 0.3) is 0 Å². The van der Waals surface area contributed by atoms with Crippen molar-refractivity contribution < 1.29 is 0 Å². The van der Waals surface area contributed by atoms with E-state index < -0.39 is 0 Å². The lowest BCUT2D eigenvalue weighted by Crippen LogP contribution is -2.45. The number of hydrogen-bond acceptors (Lipinski definition) is 3. The Bertz CT molecular complexity index is 345. The molecule has 2 rings (SSSR count). The van der Waals surface area contributed by atoms with Gasteiger partial charge >= 0.3 is 0 Å². The van der Waals surface area contributed by atoms with Gasteiger partial charge in [0.2, 0.25) is 0 Å². The average molecular weight is 291 g/mol. The Balaban J connectivity index is 1.97. The van der Waals surface area contributed by atoms with E-state index in [1.807, 2.05) is 0 Å². The molecule has 1 saturated heterocycles. The molecule has 4 unspecified atom stereocenters. The lowest BCUT2D eigenvalue weighted by Gasteiger charge is -2.39. The minimum atomic E-state index is 0.272. The second-order valence-electron chi connectivity index (χ2n) is 6.93. The normalized spacial score (nSPS) is 34.2. The van der Waals surface area contributed by atoms with Gasteiger partial charge in [-0.1, -0.05) is 33.6 Å². The van der Waals surface area contributed by atoms with E-state index in [0.717, 1.165) is 25.4 Å². The number of nitrogens with zero attached hydrogens (tertiary/aromatic N) is 3. The van der Waals surface area contributed by atoms with Crippen molar-refractivity contribution in [3.8, 4) is 6.07 Å². The standard InChI is InChI=1S/C18H33N3/c1-4-7-15-8-9-16(13-19)18(12-15)21-11-10-17(14-21)20(5-2)6-3/h15-18H,4-12,14H2,1-3H3. The molecule has 0 aromatic rings. The van der Waals surface area contributed by atoms with Crippen molar-refractivity contribution in [2.75, 3.05) is 26.2 Å². The zero-order chi connectivity index (χ0) is 15.2. The quantitative estimate of drug-likeness (QED) is 0.750. The van der Waals surface area contributed by atoms with Crippen molar-refractivity contribution in [3.05, 3.63) is 0 Å². The lowest BCUT2D eigenvalue weighted by molar-refractivity contribution is 0.109. The van der Waals surface area contributed by atoms with Gasteiger partial charge in [0.05, 0.1) is 12.0 Å². The van der Waals surface area contributed by atoms with Crippen LogP contribution in [0.3, 0.4) is 0 Å². The molecular formula is C18H33N3. The van der Waals surface area contributed by atoms with Gasteiger partial charge in [-0.05, 0) is 44.7 Å². The number of likely N-dealkylation sites (N-methyl/N-ethyl adjacent to an activating group) is 1. The van der Waals surface area contributed by atoms with E-state index in [4.69, 9.17) is 0 Å². The van der Waals surface area contributed by atoms with Gasteiger partial charge in [0.15, 0.2) is 0 Å². The first-order valence-corrected chi connectivity index (χ1v) is 9.11. The largest absolute Gasteiger partial charge is 0.300 e. The molecule has 1 heterocycles. The first kappa shape index (κ1) is 16.8. The van der Waals surface area contributed by atoms with Crippen LogP contribution in [0.5, 0.6) is 0 Å². The summed E-state index contributed by atoms with van der Waals surface area (Å²) >= 11 is 0. The van der Waals surface area contributed by atoms with E-state index in [1.54, 1.807) is 0 Å². The molecule has 2 aliphatic rings. The second kappa shape index (κ2) is 8.15. The zero-order valence-corrected chi connectivity index (χ0v) is 14.2. The zero-order valence-electron chi connectivity index (χ0n) is 14.2. The fraction of sp³-hybridized carbons (Fsp3) is 0.944. The summed E-state index contributed by atoms with van der Waals surface area (Å²) in [7, 11) is 0. The molecule has 120 valence electrons. The molecule has 0 radical (unpaired) electrons. The fourth-order valence-corrected chi connectivity index (χ4v) is 4.56. The van der Waals surface area contributed by atoms with Crippen LogP contribution in [0.2, 0.25) is 0 Å². The molecule has 0 N–H and O–H groups in total. The minimum Gasteiger partial charge on any atom is -0.300 e. The number of hydrogen-bond donors (Lipinski definition) is 0. The summed E-state index contributed by atoms with van der Waals surface area (Å²) in [6, 6.07) is 3.85. The lowest BCUT2D eigenvalue weighted by atomic mass is 9.76. The Morgan fingerprint density at radius 3 is 2.52 bits per heavy atom. The predicted octanol–water partition coefficient (Wildman–Crippen LogP) is 3.51. The number of likely N-dealkylation sites (tertiary alicyclic amines) is 1. The number of rotatable bonds is 6. The Morgan fingerprint density at radius 1 is 1.14 bits per heavy atom. The third kappa shape index (κ3) is 3.99. The molecule has 3 nitrogen and oxygen atoms in total. The fourth-order valence-electron chi connectivity index (χ4n) is 4.56. The molecule has 0 spiro atoms. The van der Waals surface area contributed by atoms with Gasteiger partial charge in [-0.15, -0.1) is 0 Å². The van der Waals surface area contributed by atoms with Crippen LogP contribution in [0, 0.1) is 23.2 Å². The average Bonchev–Trinajstić information content (AvgIpc) is 2.98. The first-order valence-electron chi connectivity index (χ1n) is 9.11. The van der Waals surface area contributed by atoms with Crippen LogP contribution in [0.15, 0.2) is 0 Å². The Kier molecular flexibility index (Phi) is 6.51. The molecule has 0 aromatic heterocycles. The molecule has 2 fully saturated rings. The predicted molar refractivity (Wildman–Crippen MR) is 88.0 cm³/mol. The molecule has 3 heteroatoms. The van der Waals surface area contributed by atoms with Crippen molar-refractivity contribution >= 4 is 0 Å². The highest BCUT2D eigenvalue weighted by molar-refractivity contribution is 5.00. The second-order valence-corrected chi connectivity index (χ2v) is 6.93. The summed E-state index contributed by atoms with van der Waals surface area (Å²) in [4.78, 5) is 5.24. The van der Waals surface area contributed by atoms with E-state index >= 15 is 0 Å². The van der Waals surface area contributed by atoms with E-state index in [-0.39, 0.29) is 5.92 Å². The SMILES string of the molecule is CCCC1CCC(C#N)C(N2CCC(N(CC)CC)C2)C1. The summed E-state index contributed by atoms with van der Waals surface area (Å²) in [5.41, 5.74) is 0. The molecule has 1 aliphatic heterocycles. The van der Waals surface area contributed by atoms with Crippen molar-refractivity contribution in [2.24, 2.45) is 11.8 Å². The van der Waals surface area contributed by atoms with Gasteiger partial charge in [0, 0.05) is 25.2 Å². The smallest absolute Gasteiger partial charge is 0.0672 e. The van der Waals surface area contributed by atoms with Gasteiger partial charge in [-0.25, -0.2) is 0 Å². The monoisotopic (exact) mass is 291 g/mol. The number of nitriles is 1. The highest BCUT2D eigenvalue weighted by Gasteiger charge is 2.38. The summed E-state index contributed by atoms with van der Waals surface area (Å²) < 4.78 is 0. The van der Waals surface area contributed by atoms with Gasteiger partial charge in [-0.3, -0.25) is 9.80 Å². The highest BCUT2D eigenvalue weighted by Crippen LogP contribution is 2.36. The van der Waals surface area contributed by atoms with Crippen molar-refractivity contribution in [3.63, 3.8) is 0 Å². The Hall–Kier alpha value is -0.590. The minimum absolute atomic E-state index is 0.272. The summed E-state index contributed by atoms with van der Waals surface area (Å²) in [5, 5.41) is 9.52. The maximum Gasteiger partial charge on any atom is 0.0672 e. The van der Waals surface area contributed by atoms with Crippen molar-refractivity contribution in [1.82, 2.24) is 9.80 Å². The van der Waals surface area contributed by atoms with Crippen LogP contribution in [0.4, 0.5) is 0 Å². The molecule has 0 aromatic carbocycles. The molecule has 21 heavy (non-hydrogen) atoms. The van der Waals surface area contributed by atoms with Gasteiger partial charge < -0.3 is 0 Å². The van der Waals surface area contributed by atoms with Crippen molar-refractivity contribution in [2.45, 2.75) is 71.4 Å². The van der Waals surface area contributed by atoms with Gasteiger partial charge in [0.25, 0.3) is 0 Å². The topological polar surface area (TPSA) is 30.3 Å². The molecule has 1 aliphatic carbocycles. The third-order valence-electron chi connectivity index (χ3n) is 5.78. The maximum atomic E-state index is 9.52.